The zero-order valence-corrected chi connectivity index (χ0v) is 19.6. The number of rotatable bonds is 12. The molecule has 3 N–H and O–H groups in total. The van der Waals surface area contributed by atoms with E-state index in [1.54, 1.807) is 12.2 Å². The van der Waals surface area contributed by atoms with Crippen LogP contribution in [0.15, 0.2) is 24.3 Å². The van der Waals surface area contributed by atoms with Crippen LogP contribution in [0.1, 0.15) is 57.8 Å². The molecule has 186 valence electrons. The fourth-order valence-electron chi connectivity index (χ4n) is 3.98. The van der Waals surface area contributed by atoms with Crippen LogP contribution < -0.4 is 11.1 Å². The summed E-state index contributed by atoms with van der Waals surface area (Å²) in [4.78, 5) is 72.8. The molecule has 0 aromatic carbocycles. The third-order valence-corrected chi connectivity index (χ3v) is 6.10. The third kappa shape index (κ3) is 9.23. The fraction of sp³-hybridized carbons (Fsp3) is 0.600. The van der Waals surface area contributed by atoms with Crippen LogP contribution in [0.3, 0.4) is 0 Å². The van der Waals surface area contributed by atoms with Gasteiger partial charge in [0.05, 0.1) is 0 Å². The van der Waals surface area contributed by atoms with Gasteiger partial charge in [0.2, 0.25) is 0 Å². The van der Waals surface area contributed by atoms with Crippen LogP contribution in [0.25, 0.3) is 0 Å². The Bertz CT molecular complexity index is 788. The first kappa shape index (κ1) is 27.5. The maximum atomic E-state index is 12.8. The molecule has 0 spiro atoms. The smallest absolute Gasteiger partial charge is 0.253 e. The number of unbranched alkanes of at least 4 members (excludes halogenated alkanes) is 1. The molecule has 9 heteroatoms. The summed E-state index contributed by atoms with van der Waals surface area (Å²) in [6.07, 6.45) is 9.77. The van der Waals surface area contributed by atoms with Crippen molar-refractivity contribution in [3.8, 4) is 0 Å². The van der Waals surface area contributed by atoms with Crippen molar-refractivity contribution in [2.24, 2.45) is 17.6 Å². The summed E-state index contributed by atoms with van der Waals surface area (Å²) in [6, 6.07) is 0. The maximum Gasteiger partial charge on any atom is 0.253 e. The van der Waals surface area contributed by atoms with Crippen molar-refractivity contribution in [3.63, 3.8) is 0 Å². The third-order valence-electron chi connectivity index (χ3n) is 6.10. The summed E-state index contributed by atoms with van der Waals surface area (Å²) in [5.41, 5.74) is 5.48. The normalized spacial score (nSPS) is 21.6. The average molecular weight is 474 g/mol. The van der Waals surface area contributed by atoms with Crippen molar-refractivity contribution in [2.45, 2.75) is 57.8 Å². The van der Waals surface area contributed by atoms with E-state index in [1.165, 1.54) is 12.2 Å². The van der Waals surface area contributed by atoms with Gasteiger partial charge in [0.25, 0.3) is 11.8 Å². The van der Waals surface area contributed by atoms with Crippen molar-refractivity contribution in [1.82, 2.24) is 10.2 Å². The second-order valence-corrected chi connectivity index (χ2v) is 8.84. The molecule has 2 aliphatic rings. The van der Waals surface area contributed by atoms with E-state index in [4.69, 9.17) is 5.73 Å². The number of carbonyl (C=O) groups excluding carboxylic acids is 6. The molecule has 9 nitrogen and oxygen atoms in total. The van der Waals surface area contributed by atoms with E-state index < -0.39 is 23.4 Å². The van der Waals surface area contributed by atoms with Gasteiger partial charge in [-0.2, -0.15) is 0 Å². The second kappa shape index (κ2) is 14.5. The highest BCUT2D eigenvalue weighted by Crippen LogP contribution is 2.21. The number of hydrogen-bond donors (Lipinski definition) is 2. The van der Waals surface area contributed by atoms with E-state index in [0.29, 0.717) is 32.4 Å². The van der Waals surface area contributed by atoms with Crippen LogP contribution in [0.2, 0.25) is 0 Å². The molecule has 2 saturated carbocycles. The minimum atomic E-state index is -0.489. The first-order chi connectivity index (χ1) is 16.3. The van der Waals surface area contributed by atoms with Crippen molar-refractivity contribution < 1.29 is 28.8 Å². The van der Waals surface area contributed by atoms with E-state index in [1.807, 2.05) is 0 Å². The Morgan fingerprint density at radius 3 is 1.76 bits per heavy atom. The van der Waals surface area contributed by atoms with Crippen molar-refractivity contribution in [3.05, 3.63) is 24.3 Å². The Hall–Kier alpha value is -2.78. The lowest BCUT2D eigenvalue weighted by molar-refractivity contribution is -0.139. The zero-order chi connectivity index (χ0) is 24.9. The van der Waals surface area contributed by atoms with Gasteiger partial charge in [-0.25, -0.2) is 0 Å². The predicted octanol–water partition coefficient (Wildman–Crippen LogP) is 1.05. The summed E-state index contributed by atoms with van der Waals surface area (Å²) < 4.78 is 0. The number of carbonyl (C=O) groups is 6. The molecule has 0 saturated heterocycles. The van der Waals surface area contributed by atoms with Crippen LogP contribution in [0.4, 0.5) is 0 Å². The minimum Gasteiger partial charge on any atom is -0.330 e. The molecule has 2 amide bonds. The summed E-state index contributed by atoms with van der Waals surface area (Å²) in [6.45, 7) is 2.29. The summed E-state index contributed by atoms with van der Waals surface area (Å²) in [5.74, 6) is -2.97. The molecule has 2 aliphatic carbocycles. The summed E-state index contributed by atoms with van der Waals surface area (Å²) >= 11 is 0. The maximum absolute atomic E-state index is 12.8. The Labute approximate surface area is 200 Å². The lowest BCUT2D eigenvalue weighted by Crippen LogP contribution is -2.37. The van der Waals surface area contributed by atoms with Gasteiger partial charge < -0.3 is 11.1 Å². The number of Topliss-reactive ketones (excluding diaryl/α,β-unsaturated/α-hetero) is 4. The Morgan fingerprint density at radius 1 is 0.794 bits per heavy atom. The Morgan fingerprint density at radius 2 is 1.29 bits per heavy atom. The lowest BCUT2D eigenvalue weighted by Gasteiger charge is -2.20. The highest BCUT2D eigenvalue weighted by molar-refractivity contribution is 6.38. The molecule has 2 atom stereocenters. The van der Waals surface area contributed by atoms with E-state index in [2.05, 4.69) is 5.32 Å². The molecular weight excluding hydrogens is 438 g/mol. The van der Waals surface area contributed by atoms with E-state index in [-0.39, 0.29) is 55.6 Å². The number of nitrogens with zero attached hydrogens (tertiary/aromatic N) is 1. The zero-order valence-electron chi connectivity index (χ0n) is 19.6. The number of imide groups is 1. The number of hydrogen-bond acceptors (Lipinski definition) is 8. The second-order valence-electron chi connectivity index (χ2n) is 8.84. The largest absolute Gasteiger partial charge is 0.330 e. The first-order valence-electron chi connectivity index (χ1n) is 12.1. The van der Waals surface area contributed by atoms with E-state index >= 15 is 0 Å². The molecule has 0 heterocycles. The van der Waals surface area contributed by atoms with Gasteiger partial charge in [0.1, 0.15) is 0 Å². The van der Waals surface area contributed by atoms with Crippen molar-refractivity contribution in [1.29, 1.82) is 0 Å². The number of ketones is 4. The monoisotopic (exact) mass is 473 g/mol. The molecule has 2 unspecified atom stereocenters. The Balaban J connectivity index is 1.96. The number of amides is 2. The van der Waals surface area contributed by atoms with Crippen LogP contribution in [-0.4, -0.2) is 66.0 Å². The van der Waals surface area contributed by atoms with Gasteiger partial charge in [-0.15, -0.1) is 0 Å². The Kier molecular flexibility index (Phi) is 11.7. The van der Waals surface area contributed by atoms with Gasteiger partial charge in [0.15, 0.2) is 23.1 Å². The molecule has 0 aromatic rings. The molecule has 0 aromatic heterocycles. The number of allylic oxidation sites excluding steroid dienone is 2. The van der Waals surface area contributed by atoms with E-state index in [0.717, 1.165) is 24.3 Å². The summed E-state index contributed by atoms with van der Waals surface area (Å²) in [7, 11) is 0. The van der Waals surface area contributed by atoms with Gasteiger partial charge >= 0.3 is 0 Å². The highest BCUT2D eigenvalue weighted by atomic mass is 16.2. The first-order valence-corrected chi connectivity index (χ1v) is 12.1. The van der Waals surface area contributed by atoms with Crippen molar-refractivity contribution >= 4 is 34.9 Å². The predicted molar refractivity (Wildman–Crippen MR) is 125 cm³/mol. The van der Waals surface area contributed by atoms with E-state index in [9.17, 15) is 28.8 Å². The molecule has 34 heavy (non-hydrogen) atoms. The average Bonchev–Trinajstić information content (AvgIpc) is 2.82. The van der Waals surface area contributed by atoms with Crippen LogP contribution in [0.5, 0.6) is 0 Å². The molecule has 0 bridgehead atoms. The van der Waals surface area contributed by atoms with Gasteiger partial charge in [-0.05, 0) is 75.7 Å². The highest BCUT2D eigenvalue weighted by Gasteiger charge is 2.27. The SMILES string of the molecule is NCCCCNCCCN(C(=O)C=CC1CCC(=O)C(=O)C1)C(=O)C=CC1CCC(=O)C(=O)C1. The lowest BCUT2D eigenvalue weighted by atomic mass is 9.87. The van der Waals surface area contributed by atoms with Gasteiger partial charge in [0, 0.05) is 32.2 Å². The molecular formula is C25H35N3O6. The van der Waals surface area contributed by atoms with Crippen LogP contribution in [-0.2, 0) is 28.8 Å². The quantitative estimate of drug-likeness (QED) is 0.243. The minimum absolute atomic E-state index is 0.0810. The molecule has 2 fully saturated rings. The van der Waals surface area contributed by atoms with Gasteiger partial charge in [-0.3, -0.25) is 33.7 Å². The van der Waals surface area contributed by atoms with Crippen molar-refractivity contribution in [2.75, 3.05) is 26.2 Å². The number of nitrogens with one attached hydrogen (secondary N) is 1. The standard InChI is InChI=1S/C25H35N3O6/c26-12-1-2-13-27-14-3-15-28(24(33)10-6-18-4-8-20(29)22(31)16-18)25(34)11-7-19-5-9-21(30)23(32)17-19/h6-7,10-11,18-19,27H,1-5,8-9,12-17,26H2. The fourth-order valence-corrected chi connectivity index (χ4v) is 3.98. The number of nitrogens with two attached hydrogens (primary N) is 1. The van der Waals surface area contributed by atoms with Gasteiger partial charge in [-0.1, -0.05) is 12.2 Å². The molecule has 0 radical (unpaired) electrons. The molecule has 2 rings (SSSR count). The topological polar surface area (TPSA) is 144 Å². The van der Waals surface area contributed by atoms with Crippen LogP contribution in [0, 0.1) is 11.8 Å². The molecule has 0 aliphatic heterocycles. The summed E-state index contributed by atoms with van der Waals surface area (Å²) in [5, 5.41) is 3.26. The van der Waals surface area contributed by atoms with Crippen LogP contribution >= 0.6 is 0 Å².